The number of unbranched alkanes of at least 4 members (excludes halogenated alkanes) is 1. The lowest BCUT2D eigenvalue weighted by Crippen LogP contribution is -2.43. The van der Waals surface area contributed by atoms with Crippen LogP contribution in [0.3, 0.4) is 0 Å². The maximum absolute atomic E-state index is 12.5. The first-order chi connectivity index (χ1) is 13.2. The van der Waals surface area contributed by atoms with E-state index in [2.05, 4.69) is 10.3 Å². The number of aromatic nitrogens is 1. The van der Waals surface area contributed by atoms with E-state index in [1.807, 2.05) is 0 Å². The van der Waals surface area contributed by atoms with Crippen LogP contribution >= 0.6 is 11.3 Å². The third kappa shape index (κ3) is 8.34. The zero-order chi connectivity index (χ0) is 21.2. The number of ketones is 1. The number of nitrogens with one attached hydrogen (secondary N) is 1. The number of halogens is 3. The topological polar surface area (TPSA) is 122 Å². The van der Waals surface area contributed by atoms with Gasteiger partial charge in [0, 0.05) is 17.5 Å². The van der Waals surface area contributed by atoms with E-state index >= 15 is 0 Å². The van der Waals surface area contributed by atoms with Crippen LogP contribution in [0.15, 0.2) is 11.6 Å². The van der Waals surface area contributed by atoms with Gasteiger partial charge in [-0.2, -0.15) is 13.2 Å². The molecule has 7 nitrogen and oxygen atoms in total. The fourth-order valence-corrected chi connectivity index (χ4v) is 3.36. The third-order valence-electron chi connectivity index (χ3n) is 4.19. The van der Waals surface area contributed by atoms with Gasteiger partial charge in [0.25, 0.3) is 0 Å². The van der Waals surface area contributed by atoms with Gasteiger partial charge in [0.15, 0.2) is 5.01 Å². The van der Waals surface area contributed by atoms with E-state index in [1.54, 1.807) is 11.6 Å². The summed E-state index contributed by atoms with van der Waals surface area (Å²) in [5, 5.41) is 12.3. The van der Waals surface area contributed by atoms with Gasteiger partial charge in [0.2, 0.25) is 11.7 Å². The van der Waals surface area contributed by atoms with Gasteiger partial charge in [-0.05, 0) is 38.6 Å². The molecule has 158 valence electrons. The van der Waals surface area contributed by atoms with Gasteiger partial charge in [-0.25, -0.2) is 9.78 Å². The summed E-state index contributed by atoms with van der Waals surface area (Å²) in [5.74, 6) is -2.73. The first-order valence-corrected chi connectivity index (χ1v) is 9.79. The number of amides is 1. The lowest BCUT2D eigenvalue weighted by Gasteiger charge is -2.19. The number of Topliss-reactive ketones (excluding diaryl/α,β-unsaturated/α-hetero) is 1. The van der Waals surface area contributed by atoms with Crippen LogP contribution in [-0.2, 0) is 9.59 Å². The molecule has 0 aliphatic heterocycles. The number of carboxylic acid groups (broad SMARTS) is 1. The molecule has 0 radical (unpaired) electrons. The van der Waals surface area contributed by atoms with E-state index in [9.17, 15) is 22.8 Å². The van der Waals surface area contributed by atoms with Crippen molar-refractivity contribution in [3.8, 4) is 0 Å². The second-order valence-corrected chi connectivity index (χ2v) is 7.23. The van der Waals surface area contributed by atoms with Gasteiger partial charge in [0.05, 0.1) is 6.04 Å². The number of hydrogen-bond donors (Lipinski definition) is 3. The van der Waals surface area contributed by atoms with Crippen LogP contribution in [0.25, 0.3) is 0 Å². The maximum Gasteiger partial charge on any atom is 0.490 e. The quantitative estimate of drug-likeness (QED) is 0.437. The Labute approximate surface area is 164 Å². The van der Waals surface area contributed by atoms with Crippen molar-refractivity contribution in [1.29, 1.82) is 0 Å². The minimum Gasteiger partial charge on any atom is -0.475 e. The summed E-state index contributed by atoms with van der Waals surface area (Å²) in [6.45, 7) is 0.606. The highest BCUT2D eigenvalue weighted by Gasteiger charge is 2.38. The molecule has 11 heteroatoms. The fraction of sp³-hybridized carbons (Fsp3) is 0.647. The summed E-state index contributed by atoms with van der Waals surface area (Å²) in [4.78, 5) is 37.7. The Hall–Kier alpha value is -2.01. The van der Waals surface area contributed by atoms with Crippen LogP contribution in [0, 0.1) is 5.92 Å². The number of hydrogen-bond acceptors (Lipinski definition) is 6. The Morgan fingerprint density at radius 2 is 1.89 bits per heavy atom. The number of carbonyl (C=O) groups is 3. The first-order valence-electron chi connectivity index (χ1n) is 8.91. The Balaban J connectivity index is 0.000000480. The predicted octanol–water partition coefficient (Wildman–Crippen LogP) is 2.76. The number of rotatable bonds is 8. The molecular weight excluding hydrogens is 399 g/mol. The molecule has 1 aliphatic carbocycles. The van der Waals surface area contributed by atoms with Crippen LogP contribution in [0.1, 0.15) is 54.7 Å². The molecule has 28 heavy (non-hydrogen) atoms. The molecule has 1 saturated carbocycles. The molecule has 2 rings (SSSR count). The summed E-state index contributed by atoms with van der Waals surface area (Å²) in [5.41, 5.74) is 5.50. The van der Waals surface area contributed by atoms with E-state index in [-0.39, 0.29) is 17.6 Å². The normalized spacial score (nSPS) is 15.4. The van der Waals surface area contributed by atoms with Crippen molar-refractivity contribution in [2.75, 3.05) is 6.54 Å². The van der Waals surface area contributed by atoms with Gasteiger partial charge in [0.1, 0.15) is 0 Å². The predicted molar refractivity (Wildman–Crippen MR) is 96.9 cm³/mol. The standard InChI is InChI=1S/C15H23N3O2S.C2HF3O2/c16-8-4-3-7-12(13(19)15-17-9-10-21-15)18-14(20)11-5-1-2-6-11;3-2(4,5)1(6)7/h9-12H,1-8,16H2,(H,18,20);(H,6,7)/t12-;/m0./s1. The molecule has 1 aromatic rings. The number of aliphatic carboxylic acids is 1. The Kier molecular flexibility index (Phi) is 10.1. The second-order valence-electron chi connectivity index (χ2n) is 6.33. The average molecular weight is 423 g/mol. The van der Waals surface area contributed by atoms with E-state index in [0.29, 0.717) is 18.0 Å². The molecule has 1 atom stereocenters. The third-order valence-corrected chi connectivity index (χ3v) is 4.98. The van der Waals surface area contributed by atoms with E-state index in [4.69, 9.17) is 15.6 Å². The Morgan fingerprint density at radius 3 is 2.36 bits per heavy atom. The lowest BCUT2D eigenvalue weighted by molar-refractivity contribution is -0.192. The van der Waals surface area contributed by atoms with Crippen molar-refractivity contribution < 1.29 is 32.7 Å². The van der Waals surface area contributed by atoms with Gasteiger partial charge in [-0.1, -0.05) is 12.8 Å². The van der Waals surface area contributed by atoms with Crippen LogP contribution in [-0.4, -0.2) is 46.5 Å². The smallest absolute Gasteiger partial charge is 0.475 e. The van der Waals surface area contributed by atoms with Crippen molar-refractivity contribution in [2.24, 2.45) is 11.7 Å². The lowest BCUT2D eigenvalue weighted by atomic mass is 10.0. The van der Waals surface area contributed by atoms with Gasteiger partial charge >= 0.3 is 12.1 Å². The minimum atomic E-state index is -5.08. The number of alkyl halides is 3. The molecule has 4 N–H and O–H groups in total. The monoisotopic (exact) mass is 423 g/mol. The highest BCUT2D eigenvalue weighted by atomic mass is 32.1. The van der Waals surface area contributed by atoms with Gasteiger partial charge in [-0.15, -0.1) is 11.3 Å². The van der Waals surface area contributed by atoms with Crippen LogP contribution in [0.2, 0.25) is 0 Å². The van der Waals surface area contributed by atoms with Crippen molar-refractivity contribution in [3.63, 3.8) is 0 Å². The fourth-order valence-electron chi connectivity index (χ4n) is 2.73. The molecule has 0 aromatic carbocycles. The van der Waals surface area contributed by atoms with Crippen LogP contribution in [0.4, 0.5) is 13.2 Å². The molecule has 1 fully saturated rings. The number of carboxylic acids is 1. The van der Waals surface area contributed by atoms with Gasteiger partial charge < -0.3 is 16.2 Å². The molecule has 0 saturated heterocycles. The average Bonchev–Trinajstić information content (AvgIpc) is 3.33. The summed E-state index contributed by atoms with van der Waals surface area (Å²) in [6, 6.07) is -0.462. The largest absolute Gasteiger partial charge is 0.490 e. The summed E-state index contributed by atoms with van der Waals surface area (Å²) >= 11 is 1.32. The number of thiazole rings is 1. The first kappa shape index (κ1) is 24.0. The number of nitrogens with zero attached hydrogens (tertiary/aromatic N) is 1. The van der Waals surface area contributed by atoms with Crippen molar-refractivity contribution >= 4 is 29.0 Å². The zero-order valence-corrected chi connectivity index (χ0v) is 16.0. The molecule has 0 unspecified atom stereocenters. The summed E-state index contributed by atoms with van der Waals surface area (Å²) in [7, 11) is 0. The molecule has 1 heterocycles. The minimum absolute atomic E-state index is 0.0233. The van der Waals surface area contributed by atoms with E-state index in [0.717, 1.165) is 38.5 Å². The molecule has 1 aliphatic rings. The highest BCUT2D eigenvalue weighted by molar-refractivity contribution is 7.11. The Morgan fingerprint density at radius 1 is 1.29 bits per heavy atom. The molecule has 1 aromatic heterocycles. The maximum atomic E-state index is 12.5. The van der Waals surface area contributed by atoms with Crippen molar-refractivity contribution in [2.45, 2.75) is 57.2 Å². The van der Waals surface area contributed by atoms with E-state index < -0.39 is 18.2 Å². The second kappa shape index (κ2) is 11.7. The number of carbonyl (C=O) groups excluding carboxylic acids is 2. The molecule has 1 amide bonds. The SMILES string of the molecule is NCCCC[C@H](NC(=O)C1CCCC1)C(=O)c1nccs1.O=C(O)C(F)(F)F. The van der Waals surface area contributed by atoms with Crippen LogP contribution in [0.5, 0.6) is 0 Å². The highest BCUT2D eigenvalue weighted by Crippen LogP contribution is 2.25. The van der Waals surface area contributed by atoms with Crippen molar-refractivity contribution in [3.05, 3.63) is 16.6 Å². The van der Waals surface area contributed by atoms with Crippen LogP contribution < -0.4 is 11.1 Å². The van der Waals surface area contributed by atoms with Gasteiger partial charge in [-0.3, -0.25) is 9.59 Å². The molecular formula is C17H24F3N3O4S. The molecule has 0 spiro atoms. The Bertz CT molecular complexity index is 632. The summed E-state index contributed by atoms with van der Waals surface area (Å²) < 4.78 is 31.7. The number of nitrogens with two attached hydrogens (primary N) is 1. The summed E-state index contributed by atoms with van der Waals surface area (Å²) in [6.07, 6.45) is 2.96. The van der Waals surface area contributed by atoms with Crippen molar-refractivity contribution in [1.82, 2.24) is 10.3 Å². The van der Waals surface area contributed by atoms with E-state index in [1.165, 1.54) is 11.3 Å². The molecule has 0 bridgehead atoms. The zero-order valence-electron chi connectivity index (χ0n) is 15.2.